The van der Waals surface area contributed by atoms with Crippen LogP contribution in [0, 0.1) is 11.3 Å². The zero-order valence-electron chi connectivity index (χ0n) is 11.5. The molecule has 1 aromatic carbocycles. The second-order valence-electron chi connectivity index (χ2n) is 4.62. The maximum atomic E-state index is 12.3. The summed E-state index contributed by atoms with van der Waals surface area (Å²) in [6.07, 6.45) is 0. The van der Waals surface area contributed by atoms with E-state index in [-0.39, 0.29) is 12.5 Å². The second kappa shape index (κ2) is 7.26. The number of amides is 1. The minimum Gasteiger partial charge on any atom is -0.480 e. The van der Waals surface area contributed by atoms with Gasteiger partial charge in [0.15, 0.2) is 0 Å². The molecule has 0 radical (unpaired) electrons. The summed E-state index contributed by atoms with van der Waals surface area (Å²) in [5, 5.41) is 17.7. The van der Waals surface area contributed by atoms with E-state index in [1.54, 1.807) is 18.2 Å². The number of benzene rings is 1. The van der Waals surface area contributed by atoms with Gasteiger partial charge in [0.1, 0.15) is 6.54 Å². The molecule has 1 rings (SSSR count). The van der Waals surface area contributed by atoms with Crippen molar-refractivity contribution in [3.8, 4) is 6.07 Å². The smallest absolute Gasteiger partial charge is 0.323 e. The number of hydrogen-bond donors (Lipinski definition) is 1. The molecule has 106 valence electrons. The van der Waals surface area contributed by atoms with Gasteiger partial charge in [0.2, 0.25) is 0 Å². The maximum absolute atomic E-state index is 12.3. The average molecular weight is 275 g/mol. The van der Waals surface area contributed by atoms with Crippen molar-refractivity contribution >= 4 is 11.9 Å². The van der Waals surface area contributed by atoms with Crippen molar-refractivity contribution in [1.29, 1.82) is 5.26 Å². The Balaban J connectivity index is 2.90. The monoisotopic (exact) mass is 275 g/mol. The number of aliphatic carboxylic acids is 1. The zero-order valence-corrected chi connectivity index (χ0v) is 11.5. The largest absolute Gasteiger partial charge is 0.480 e. The highest BCUT2D eigenvalue weighted by Crippen LogP contribution is 2.08. The highest BCUT2D eigenvalue weighted by atomic mass is 16.4. The van der Waals surface area contributed by atoms with Crippen LogP contribution in [0.15, 0.2) is 24.3 Å². The first kappa shape index (κ1) is 15.7. The predicted octanol–water partition coefficient (Wildman–Crippen LogP) is 0.647. The van der Waals surface area contributed by atoms with E-state index in [1.807, 2.05) is 25.1 Å². The van der Waals surface area contributed by atoms with Gasteiger partial charge in [-0.15, -0.1) is 0 Å². The topological polar surface area (TPSA) is 84.6 Å². The van der Waals surface area contributed by atoms with Crippen molar-refractivity contribution in [3.05, 3.63) is 35.4 Å². The van der Waals surface area contributed by atoms with E-state index in [9.17, 15) is 9.59 Å². The molecule has 0 saturated heterocycles. The van der Waals surface area contributed by atoms with Gasteiger partial charge in [-0.3, -0.25) is 9.59 Å². The van der Waals surface area contributed by atoms with E-state index >= 15 is 0 Å². The second-order valence-corrected chi connectivity index (χ2v) is 4.62. The first-order valence-corrected chi connectivity index (χ1v) is 6.10. The Morgan fingerprint density at radius 2 is 2.00 bits per heavy atom. The molecule has 0 bridgehead atoms. The summed E-state index contributed by atoms with van der Waals surface area (Å²) in [5.41, 5.74) is 0.697. The lowest BCUT2D eigenvalue weighted by Crippen LogP contribution is -2.40. The SMILES string of the molecule is CN(C)CCN(CC(=O)O)C(=O)c1cccc(C#N)c1. The molecular formula is C14H17N3O3. The molecule has 1 amide bonds. The molecule has 0 aliphatic heterocycles. The van der Waals surface area contributed by atoms with Crippen LogP contribution in [0.4, 0.5) is 0 Å². The summed E-state index contributed by atoms with van der Waals surface area (Å²) >= 11 is 0. The summed E-state index contributed by atoms with van der Waals surface area (Å²) in [7, 11) is 3.69. The fraction of sp³-hybridized carbons (Fsp3) is 0.357. The Bertz CT molecular complexity index is 535. The Morgan fingerprint density at radius 3 is 2.55 bits per heavy atom. The van der Waals surface area contributed by atoms with Crippen LogP contribution in [-0.4, -0.2) is 60.5 Å². The van der Waals surface area contributed by atoms with Crippen molar-refractivity contribution < 1.29 is 14.7 Å². The fourth-order valence-electron chi connectivity index (χ4n) is 1.64. The van der Waals surface area contributed by atoms with Gasteiger partial charge in [-0.25, -0.2) is 0 Å². The lowest BCUT2D eigenvalue weighted by atomic mass is 10.1. The highest BCUT2D eigenvalue weighted by Gasteiger charge is 2.18. The van der Waals surface area contributed by atoms with E-state index in [2.05, 4.69) is 0 Å². The third-order valence-electron chi connectivity index (χ3n) is 2.67. The maximum Gasteiger partial charge on any atom is 0.323 e. The van der Waals surface area contributed by atoms with Crippen LogP contribution < -0.4 is 0 Å². The first-order chi connectivity index (χ1) is 9.43. The molecule has 0 unspecified atom stereocenters. The molecule has 20 heavy (non-hydrogen) atoms. The molecule has 0 spiro atoms. The number of likely N-dealkylation sites (N-methyl/N-ethyl adjacent to an activating group) is 1. The summed E-state index contributed by atoms with van der Waals surface area (Å²) in [4.78, 5) is 26.3. The van der Waals surface area contributed by atoms with E-state index in [0.29, 0.717) is 24.2 Å². The average Bonchev–Trinajstić information content (AvgIpc) is 2.42. The van der Waals surface area contributed by atoms with Gasteiger partial charge in [0, 0.05) is 18.7 Å². The van der Waals surface area contributed by atoms with Gasteiger partial charge >= 0.3 is 5.97 Å². The summed E-state index contributed by atoms with van der Waals surface area (Å²) in [5.74, 6) is -1.44. The molecule has 0 aliphatic carbocycles. The number of nitriles is 1. The first-order valence-electron chi connectivity index (χ1n) is 6.10. The predicted molar refractivity (Wildman–Crippen MR) is 73.3 cm³/mol. The van der Waals surface area contributed by atoms with Crippen LogP contribution in [0.5, 0.6) is 0 Å². The van der Waals surface area contributed by atoms with Crippen LogP contribution in [0.3, 0.4) is 0 Å². The third kappa shape index (κ3) is 4.71. The van der Waals surface area contributed by atoms with Crippen molar-refractivity contribution in [2.45, 2.75) is 0 Å². The van der Waals surface area contributed by atoms with Gasteiger partial charge < -0.3 is 14.9 Å². The van der Waals surface area contributed by atoms with Crippen LogP contribution in [0.25, 0.3) is 0 Å². The van der Waals surface area contributed by atoms with E-state index in [4.69, 9.17) is 10.4 Å². The Kier molecular flexibility index (Phi) is 5.69. The van der Waals surface area contributed by atoms with Gasteiger partial charge in [-0.2, -0.15) is 5.26 Å². The van der Waals surface area contributed by atoms with Gasteiger partial charge in [-0.1, -0.05) is 6.07 Å². The minimum atomic E-state index is -1.06. The number of carboxylic acids is 1. The highest BCUT2D eigenvalue weighted by molar-refractivity contribution is 5.96. The third-order valence-corrected chi connectivity index (χ3v) is 2.67. The molecule has 6 nitrogen and oxygen atoms in total. The summed E-state index contributed by atoms with van der Waals surface area (Å²) in [6, 6.07) is 8.20. The van der Waals surface area contributed by atoms with Crippen molar-refractivity contribution in [3.63, 3.8) is 0 Å². The van der Waals surface area contributed by atoms with Crippen molar-refractivity contribution in [2.24, 2.45) is 0 Å². The fourth-order valence-corrected chi connectivity index (χ4v) is 1.64. The number of nitrogens with zero attached hydrogens (tertiary/aromatic N) is 3. The van der Waals surface area contributed by atoms with Crippen LogP contribution in [-0.2, 0) is 4.79 Å². The normalized spacial score (nSPS) is 10.1. The van der Waals surface area contributed by atoms with Crippen molar-refractivity contribution in [2.75, 3.05) is 33.7 Å². The molecule has 0 atom stereocenters. The van der Waals surface area contributed by atoms with Gasteiger partial charge in [0.25, 0.3) is 5.91 Å². The summed E-state index contributed by atoms with van der Waals surface area (Å²) < 4.78 is 0. The molecule has 0 saturated carbocycles. The molecule has 1 aromatic rings. The molecule has 6 heteroatoms. The quantitative estimate of drug-likeness (QED) is 0.823. The van der Waals surface area contributed by atoms with Crippen LogP contribution >= 0.6 is 0 Å². The summed E-state index contributed by atoms with van der Waals surface area (Å²) in [6.45, 7) is 0.523. The molecule has 0 aromatic heterocycles. The molecule has 0 fully saturated rings. The Morgan fingerprint density at radius 1 is 1.30 bits per heavy atom. The van der Waals surface area contributed by atoms with E-state index < -0.39 is 5.97 Å². The molecule has 0 aliphatic rings. The Hall–Kier alpha value is -2.39. The minimum absolute atomic E-state index is 0.314. The lowest BCUT2D eigenvalue weighted by Gasteiger charge is -2.22. The number of carbonyl (C=O) groups is 2. The van der Waals surface area contributed by atoms with Gasteiger partial charge in [0.05, 0.1) is 11.6 Å². The van der Waals surface area contributed by atoms with Gasteiger partial charge in [-0.05, 0) is 32.3 Å². The lowest BCUT2D eigenvalue weighted by molar-refractivity contribution is -0.137. The van der Waals surface area contributed by atoms with E-state index in [0.717, 1.165) is 0 Å². The zero-order chi connectivity index (χ0) is 15.1. The number of rotatable bonds is 6. The number of carboxylic acid groups (broad SMARTS) is 1. The molecular weight excluding hydrogens is 258 g/mol. The molecule has 1 N–H and O–H groups in total. The molecule has 0 heterocycles. The standard InChI is InChI=1S/C14H17N3O3/c1-16(2)6-7-17(10-13(18)19)14(20)12-5-3-4-11(8-12)9-15/h3-5,8H,6-7,10H2,1-2H3,(H,18,19). The Labute approximate surface area is 117 Å². The van der Waals surface area contributed by atoms with E-state index in [1.165, 1.54) is 11.0 Å². The van der Waals surface area contributed by atoms with Crippen LogP contribution in [0.2, 0.25) is 0 Å². The van der Waals surface area contributed by atoms with Crippen molar-refractivity contribution in [1.82, 2.24) is 9.80 Å². The van der Waals surface area contributed by atoms with Crippen LogP contribution in [0.1, 0.15) is 15.9 Å². The number of carbonyl (C=O) groups excluding carboxylic acids is 1. The number of hydrogen-bond acceptors (Lipinski definition) is 4.